The van der Waals surface area contributed by atoms with Gasteiger partial charge in [-0.05, 0) is 83.8 Å². The highest BCUT2D eigenvalue weighted by atomic mass is 79.9. The lowest BCUT2D eigenvalue weighted by Gasteiger charge is -2.66. The van der Waals surface area contributed by atoms with Crippen molar-refractivity contribution in [3.05, 3.63) is 80.6 Å². The first-order valence-corrected chi connectivity index (χ1v) is 16.8. The van der Waals surface area contributed by atoms with E-state index in [1.165, 1.54) is 38.2 Å². The number of hydrogen-bond donors (Lipinski definition) is 1. The zero-order valence-electron chi connectivity index (χ0n) is 27.7. The van der Waals surface area contributed by atoms with Gasteiger partial charge < -0.3 is 28.5 Å². The number of halogens is 2. The highest BCUT2D eigenvalue weighted by Crippen LogP contribution is 2.67. The molecule has 0 saturated heterocycles. The molecule has 1 aliphatic heterocycles. The third kappa shape index (κ3) is 5.94. The molecule has 49 heavy (non-hydrogen) atoms. The average Bonchev–Trinajstić information content (AvgIpc) is 3.03. The van der Waals surface area contributed by atoms with E-state index in [0.717, 1.165) is 6.07 Å². The van der Waals surface area contributed by atoms with Gasteiger partial charge in [0.15, 0.2) is 0 Å². The molecule has 13 heteroatoms. The predicted molar refractivity (Wildman–Crippen MR) is 175 cm³/mol. The molecule has 1 aromatic carbocycles. The number of carbonyl (C=O) groups excluding carboxylic acids is 3. The fourth-order valence-electron chi connectivity index (χ4n) is 8.66. The molecule has 3 aliphatic rings. The number of aliphatic hydroxyl groups is 1. The molecule has 2 aromatic heterocycles. The van der Waals surface area contributed by atoms with Gasteiger partial charge in [-0.1, -0.05) is 13.8 Å². The van der Waals surface area contributed by atoms with Crippen molar-refractivity contribution in [2.75, 3.05) is 6.61 Å². The van der Waals surface area contributed by atoms with E-state index in [-0.39, 0.29) is 40.1 Å². The maximum Gasteiger partial charge on any atom is 0.345 e. The Morgan fingerprint density at radius 1 is 1.08 bits per heavy atom. The smallest absolute Gasteiger partial charge is 0.345 e. The Labute approximate surface area is 290 Å². The van der Waals surface area contributed by atoms with Crippen LogP contribution in [0, 0.1) is 28.5 Å². The van der Waals surface area contributed by atoms with Gasteiger partial charge >= 0.3 is 23.5 Å². The van der Waals surface area contributed by atoms with Crippen molar-refractivity contribution in [2.24, 2.45) is 22.7 Å². The topological polar surface area (TPSA) is 151 Å². The summed E-state index contributed by atoms with van der Waals surface area (Å²) in [6, 6.07) is 8.77. The van der Waals surface area contributed by atoms with Crippen LogP contribution in [0.3, 0.4) is 0 Å². The predicted octanol–water partition coefficient (Wildman–Crippen LogP) is 5.95. The normalized spacial score (nSPS) is 31.6. The number of aliphatic hydroxyl groups excluding tert-OH is 1. The summed E-state index contributed by atoms with van der Waals surface area (Å²) in [5.41, 5.74) is -3.72. The maximum atomic E-state index is 14.5. The van der Waals surface area contributed by atoms with E-state index >= 15 is 0 Å². The molecular formula is C36H37BrFNO10. The van der Waals surface area contributed by atoms with Crippen LogP contribution in [-0.2, 0) is 23.8 Å². The molecule has 6 rings (SSSR count). The van der Waals surface area contributed by atoms with Crippen molar-refractivity contribution in [1.29, 1.82) is 0 Å². The van der Waals surface area contributed by atoms with E-state index in [1.54, 1.807) is 25.3 Å². The Morgan fingerprint density at radius 3 is 2.49 bits per heavy atom. The number of benzene rings is 1. The number of pyridine rings is 1. The lowest BCUT2D eigenvalue weighted by Crippen LogP contribution is -2.71. The van der Waals surface area contributed by atoms with Gasteiger partial charge in [0.05, 0.1) is 16.1 Å². The van der Waals surface area contributed by atoms with Crippen LogP contribution < -0.4 is 10.4 Å². The Morgan fingerprint density at radius 2 is 1.84 bits per heavy atom. The van der Waals surface area contributed by atoms with Crippen molar-refractivity contribution in [3.8, 4) is 17.1 Å². The third-order valence-electron chi connectivity index (χ3n) is 10.8. The highest BCUT2D eigenvalue weighted by molar-refractivity contribution is 9.10. The summed E-state index contributed by atoms with van der Waals surface area (Å²) in [6.45, 7) is 7.98. The second-order valence-electron chi connectivity index (χ2n) is 13.9. The fraction of sp³-hybridized carbons (Fsp3) is 0.472. The zero-order valence-corrected chi connectivity index (χ0v) is 29.2. The molecule has 260 valence electrons. The molecule has 2 fully saturated rings. The average molecular weight is 743 g/mol. The first-order valence-electron chi connectivity index (χ1n) is 16.0. The molecule has 0 unspecified atom stereocenters. The van der Waals surface area contributed by atoms with Crippen LogP contribution in [0.5, 0.6) is 5.75 Å². The number of carbonyl (C=O) groups is 3. The van der Waals surface area contributed by atoms with Crippen molar-refractivity contribution in [1.82, 2.24) is 4.98 Å². The first-order chi connectivity index (χ1) is 23.1. The minimum atomic E-state index is -1.45. The number of hydrogen-bond acceptors (Lipinski definition) is 11. The van der Waals surface area contributed by atoms with E-state index in [2.05, 4.69) is 20.9 Å². The van der Waals surface area contributed by atoms with Crippen molar-refractivity contribution < 1.29 is 47.2 Å². The van der Waals surface area contributed by atoms with E-state index < -0.39 is 75.9 Å². The standard InChI is InChI=1S/C36H37BrFNO10/c1-18(40)45-17-35(4)26-15-28(48-32(43)20-8-9-22(37)23(38)13-20)36(5)31(34(26,3)11-10-27(35)46-19(2)41)30(42)29-25(49-36)14-24(47-33(29)44)21-7-6-12-39-16-21/h6-9,12-14,16,26-28,30-31,42H,10-11,15,17H2,1-5H3/t26-,27+,28+,30+,31-,34+,35+,36-/m1/s1. The Hall–Kier alpha value is -4.10. The van der Waals surface area contributed by atoms with Crippen molar-refractivity contribution in [2.45, 2.75) is 77.8 Å². The second kappa shape index (κ2) is 12.7. The Kier molecular flexibility index (Phi) is 8.98. The van der Waals surface area contributed by atoms with Crippen molar-refractivity contribution in [3.63, 3.8) is 0 Å². The van der Waals surface area contributed by atoms with E-state index in [4.69, 9.17) is 23.4 Å². The van der Waals surface area contributed by atoms with Gasteiger partial charge in [-0.3, -0.25) is 14.6 Å². The fourth-order valence-corrected chi connectivity index (χ4v) is 8.90. The first kappa shape index (κ1) is 34.8. The summed E-state index contributed by atoms with van der Waals surface area (Å²) < 4.78 is 44.7. The van der Waals surface area contributed by atoms with Crippen LogP contribution in [-0.4, -0.2) is 52.4 Å². The summed E-state index contributed by atoms with van der Waals surface area (Å²) in [5, 5.41) is 12.3. The van der Waals surface area contributed by atoms with Crippen LogP contribution in [0.4, 0.5) is 4.39 Å². The SMILES string of the molecule is CC(=O)OC[C@@]1(C)[C@@H]2C[C@H](OC(=O)c3ccc(Br)c(F)c3)[C@@]3(C)Oc4cc(-c5cccnc5)oc(=O)c4[C@H](O)[C@@H]3[C@@]2(C)CC[C@@H]1OC(C)=O. The lowest BCUT2D eigenvalue weighted by molar-refractivity contribution is -0.266. The Balaban J connectivity index is 1.51. The lowest BCUT2D eigenvalue weighted by atomic mass is 9.42. The summed E-state index contributed by atoms with van der Waals surface area (Å²) in [5.74, 6) is -3.71. The summed E-state index contributed by atoms with van der Waals surface area (Å²) in [6.07, 6.45) is 0.774. The molecule has 2 aliphatic carbocycles. The number of nitrogens with zero attached hydrogens (tertiary/aromatic N) is 1. The van der Waals surface area contributed by atoms with E-state index in [0.29, 0.717) is 18.4 Å². The molecule has 0 amide bonds. The molecule has 3 aromatic rings. The molecule has 1 N–H and O–H groups in total. The molecule has 2 saturated carbocycles. The number of rotatable bonds is 6. The van der Waals surface area contributed by atoms with Crippen LogP contribution in [0.2, 0.25) is 0 Å². The number of ether oxygens (including phenoxy) is 4. The molecule has 0 bridgehead atoms. The van der Waals surface area contributed by atoms with Crippen LogP contribution in [0.15, 0.2) is 62.5 Å². The summed E-state index contributed by atoms with van der Waals surface area (Å²) >= 11 is 3.10. The van der Waals surface area contributed by atoms with Gasteiger partial charge in [-0.25, -0.2) is 14.0 Å². The summed E-state index contributed by atoms with van der Waals surface area (Å²) in [7, 11) is 0. The quantitative estimate of drug-likeness (QED) is 0.236. The van der Waals surface area contributed by atoms with Crippen molar-refractivity contribution >= 4 is 33.8 Å². The zero-order chi connectivity index (χ0) is 35.5. The largest absolute Gasteiger partial charge is 0.482 e. The van der Waals surface area contributed by atoms with Crippen LogP contribution in [0.1, 0.15) is 75.9 Å². The minimum Gasteiger partial charge on any atom is -0.482 e. The van der Waals surface area contributed by atoms with Gasteiger partial charge in [0.2, 0.25) is 0 Å². The Bertz CT molecular complexity index is 1870. The molecule has 3 heterocycles. The molecule has 0 spiro atoms. The van der Waals surface area contributed by atoms with Crippen LogP contribution >= 0.6 is 15.9 Å². The highest BCUT2D eigenvalue weighted by Gasteiger charge is 2.71. The van der Waals surface area contributed by atoms with Gasteiger partial charge in [0, 0.05) is 49.2 Å². The van der Waals surface area contributed by atoms with Gasteiger partial charge in [0.25, 0.3) is 0 Å². The van der Waals surface area contributed by atoms with Gasteiger partial charge in [-0.2, -0.15) is 0 Å². The minimum absolute atomic E-state index is 0.0467. The number of aromatic nitrogens is 1. The monoisotopic (exact) mass is 741 g/mol. The summed E-state index contributed by atoms with van der Waals surface area (Å²) in [4.78, 5) is 55.8. The maximum absolute atomic E-state index is 14.5. The van der Waals surface area contributed by atoms with E-state index in [1.807, 2.05) is 13.8 Å². The molecule has 11 nitrogen and oxygen atoms in total. The van der Waals surface area contributed by atoms with Gasteiger partial charge in [0.1, 0.15) is 47.3 Å². The molecule has 0 radical (unpaired) electrons. The molecule has 8 atom stereocenters. The number of fused-ring (bicyclic) bond motifs is 4. The molecular weight excluding hydrogens is 705 g/mol. The number of esters is 3. The third-order valence-corrected chi connectivity index (χ3v) is 11.5. The van der Waals surface area contributed by atoms with Gasteiger partial charge in [-0.15, -0.1) is 0 Å². The van der Waals surface area contributed by atoms with Crippen LogP contribution in [0.25, 0.3) is 11.3 Å². The van der Waals surface area contributed by atoms with E-state index in [9.17, 15) is 28.7 Å². The second-order valence-corrected chi connectivity index (χ2v) is 14.7.